The third kappa shape index (κ3) is 5.63. The van der Waals surface area contributed by atoms with E-state index >= 15 is 0 Å². The van der Waals surface area contributed by atoms with Crippen LogP contribution in [0, 0.1) is 0 Å². The molecule has 0 unspecified atom stereocenters. The van der Waals surface area contributed by atoms with E-state index in [0.29, 0.717) is 18.7 Å². The Kier molecular flexibility index (Phi) is 6.94. The van der Waals surface area contributed by atoms with Crippen molar-refractivity contribution in [1.82, 2.24) is 0 Å². The first-order chi connectivity index (χ1) is 12.2. The van der Waals surface area contributed by atoms with Gasteiger partial charge in [-0.2, -0.15) is 13.2 Å². The SMILES string of the molecule is CCCOC(=O)Nc1ccc(N(C)Cc2ccc(Br)s2)cc1C(F)(F)F. The molecule has 0 fully saturated rings. The summed E-state index contributed by atoms with van der Waals surface area (Å²) in [5, 5.41) is 2.17. The lowest BCUT2D eigenvalue weighted by molar-refractivity contribution is -0.136. The molecular weight excluding hydrogens is 433 g/mol. The molecule has 0 spiro atoms. The van der Waals surface area contributed by atoms with Crippen molar-refractivity contribution in [2.45, 2.75) is 26.1 Å². The minimum Gasteiger partial charge on any atom is -0.449 e. The van der Waals surface area contributed by atoms with Gasteiger partial charge in [0.15, 0.2) is 0 Å². The first-order valence-electron chi connectivity index (χ1n) is 7.81. The van der Waals surface area contributed by atoms with E-state index in [9.17, 15) is 18.0 Å². The Labute approximate surface area is 162 Å². The van der Waals surface area contributed by atoms with Crippen molar-refractivity contribution in [2.75, 3.05) is 23.9 Å². The molecule has 0 aliphatic heterocycles. The maximum Gasteiger partial charge on any atom is 0.418 e. The number of hydrogen-bond donors (Lipinski definition) is 1. The second kappa shape index (κ2) is 8.77. The third-order valence-electron chi connectivity index (χ3n) is 3.45. The number of halogens is 4. The van der Waals surface area contributed by atoms with Gasteiger partial charge in [0.25, 0.3) is 0 Å². The van der Waals surface area contributed by atoms with Crippen LogP contribution in [0.5, 0.6) is 0 Å². The standard InChI is InChI=1S/C17H18BrF3N2O2S/c1-3-8-25-16(24)22-14-6-4-11(9-13(14)17(19,20)21)23(2)10-12-5-7-15(18)26-12/h4-7,9H,3,8,10H2,1-2H3,(H,22,24). The number of carbonyl (C=O) groups is 1. The highest BCUT2D eigenvalue weighted by Gasteiger charge is 2.34. The summed E-state index contributed by atoms with van der Waals surface area (Å²) in [5.74, 6) is 0. The normalized spacial score (nSPS) is 11.3. The fourth-order valence-electron chi connectivity index (χ4n) is 2.22. The molecule has 1 N–H and O–H groups in total. The Hall–Kier alpha value is -1.74. The number of rotatable bonds is 6. The molecule has 0 bridgehead atoms. The van der Waals surface area contributed by atoms with Crippen molar-refractivity contribution in [2.24, 2.45) is 0 Å². The Morgan fingerprint density at radius 3 is 2.62 bits per heavy atom. The van der Waals surface area contributed by atoms with Gasteiger partial charge in [-0.3, -0.25) is 5.32 Å². The number of benzene rings is 1. The number of hydrogen-bond acceptors (Lipinski definition) is 4. The van der Waals surface area contributed by atoms with E-state index in [1.54, 1.807) is 18.9 Å². The first kappa shape index (κ1) is 20.6. The minimum absolute atomic E-state index is 0.143. The summed E-state index contributed by atoms with van der Waals surface area (Å²) in [5.41, 5.74) is -0.841. The van der Waals surface area contributed by atoms with Crippen molar-refractivity contribution < 1.29 is 22.7 Å². The molecule has 142 valence electrons. The number of alkyl halides is 3. The highest BCUT2D eigenvalue weighted by Crippen LogP contribution is 2.37. The molecule has 26 heavy (non-hydrogen) atoms. The maximum atomic E-state index is 13.4. The van der Waals surface area contributed by atoms with Crippen LogP contribution in [0.4, 0.5) is 29.3 Å². The summed E-state index contributed by atoms with van der Waals surface area (Å²) in [6.45, 7) is 2.41. The molecule has 0 saturated heterocycles. The quantitative estimate of drug-likeness (QED) is 0.575. The molecule has 0 aliphatic carbocycles. The van der Waals surface area contributed by atoms with Gasteiger partial charge in [-0.25, -0.2) is 4.79 Å². The number of nitrogens with one attached hydrogen (secondary N) is 1. The van der Waals surface area contributed by atoms with Gasteiger partial charge in [-0.05, 0) is 52.7 Å². The number of ether oxygens (including phenoxy) is 1. The van der Waals surface area contributed by atoms with Gasteiger partial charge in [-0.1, -0.05) is 6.92 Å². The van der Waals surface area contributed by atoms with E-state index in [1.165, 1.54) is 23.5 Å². The molecule has 1 heterocycles. The summed E-state index contributed by atoms with van der Waals surface area (Å²) in [4.78, 5) is 14.3. The Balaban J connectivity index is 2.22. The van der Waals surface area contributed by atoms with Crippen molar-refractivity contribution in [3.05, 3.63) is 44.6 Å². The molecular formula is C17H18BrF3N2O2S. The van der Waals surface area contributed by atoms with E-state index < -0.39 is 17.8 Å². The van der Waals surface area contributed by atoms with Crippen LogP contribution in [-0.2, 0) is 17.5 Å². The lowest BCUT2D eigenvalue weighted by Crippen LogP contribution is -2.20. The predicted octanol–water partition coefficient (Wildman–Crippen LogP) is 6.12. The van der Waals surface area contributed by atoms with Crippen LogP contribution in [0.25, 0.3) is 0 Å². The van der Waals surface area contributed by atoms with E-state index in [0.717, 1.165) is 14.7 Å². The minimum atomic E-state index is -4.60. The van der Waals surface area contributed by atoms with Crippen LogP contribution in [0.1, 0.15) is 23.8 Å². The number of thiophene rings is 1. The molecule has 0 radical (unpaired) electrons. The van der Waals surface area contributed by atoms with Crippen LogP contribution in [0.15, 0.2) is 34.1 Å². The van der Waals surface area contributed by atoms with Gasteiger partial charge in [0.2, 0.25) is 0 Å². The van der Waals surface area contributed by atoms with Gasteiger partial charge >= 0.3 is 12.3 Å². The zero-order valence-corrected chi connectivity index (χ0v) is 16.6. The highest BCUT2D eigenvalue weighted by molar-refractivity contribution is 9.11. The molecule has 4 nitrogen and oxygen atoms in total. The number of carbonyl (C=O) groups excluding carboxylic acids is 1. The van der Waals surface area contributed by atoms with Gasteiger partial charge < -0.3 is 9.64 Å². The lowest BCUT2D eigenvalue weighted by Gasteiger charge is -2.21. The molecule has 2 rings (SSSR count). The molecule has 1 aromatic carbocycles. The molecule has 2 aromatic rings. The van der Waals surface area contributed by atoms with Crippen LogP contribution >= 0.6 is 27.3 Å². The van der Waals surface area contributed by atoms with Crippen molar-refractivity contribution in [3.8, 4) is 0 Å². The Morgan fingerprint density at radius 2 is 2.04 bits per heavy atom. The van der Waals surface area contributed by atoms with Crippen molar-refractivity contribution in [1.29, 1.82) is 0 Å². The van der Waals surface area contributed by atoms with Crippen LogP contribution < -0.4 is 10.2 Å². The highest BCUT2D eigenvalue weighted by atomic mass is 79.9. The fourth-order valence-corrected chi connectivity index (χ4v) is 3.75. The zero-order chi connectivity index (χ0) is 19.3. The van der Waals surface area contributed by atoms with E-state index in [-0.39, 0.29) is 12.3 Å². The summed E-state index contributed by atoms with van der Waals surface area (Å²) in [7, 11) is 1.71. The van der Waals surface area contributed by atoms with Crippen LogP contribution in [-0.4, -0.2) is 19.7 Å². The maximum absolute atomic E-state index is 13.4. The van der Waals surface area contributed by atoms with Crippen molar-refractivity contribution >= 4 is 44.7 Å². The summed E-state index contributed by atoms with van der Waals surface area (Å²) in [6.07, 6.45) is -4.92. The van der Waals surface area contributed by atoms with E-state index in [4.69, 9.17) is 4.74 Å². The molecule has 1 amide bonds. The Morgan fingerprint density at radius 1 is 1.31 bits per heavy atom. The number of amides is 1. The topological polar surface area (TPSA) is 41.6 Å². The third-order valence-corrected chi connectivity index (χ3v) is 5.05. The molecule has 0 atom stereocenters. The van der Waals surface area contributed by atoms with Crippen LogP contribution in [0.2, 0.25) is 0 Å². The average Bonchev–Trinajstić information content (AvgIpc) is 2.97. The smallest absolute Gasteiger partial charge is 0.418 e. The number of nitrogens with zero attached hydrogens (tertiary/aromatic N) is 1. The van der Waals surface area contributed by atoms with Gasteiger partial charge in [-0.15, -0.1) is 11.3 Å². The van der Waals surface area contributed by atoms with Gasteiger partial charge in [0, 0.05) is 17.6 Å². The first-order valence-corrected chi connectivity index (χ1v) is 9.42. The largest absolute Gasteiger partial charge is 0.449 e. The monoisotopic (exact) mass is 450 g/mol. The van der Waals surface area contributed by atoms with E-state index in [2.05, 4.69) is 21.2 Å². The summed E-state index contributed by atoms with van der Waals surface area (Å²) in [6, 6.07) is 7.61. The summed E-state index contributed by atoms with van der Waals surface area (Å²) >= 11 is 4.88. The molecule has 9 heteroatoms. The summed E-state index contributed by atoms with van der Waals surface area (Å²) < 4.78 is 46.0. The average molecular weight is 451 g/mol. The lowest BCUT2D eigenvalue weighted by atomic mass is 10.1. The molecule has 0 saturated carbocycles. The predicted molar refractivity (Wildman–Crippen MR) is 101 cm³/mol. The fraction of sp³-hybridized carbons (Fsp3) is 0.353. The second-order valence-electron chi connectivity index (χ2n) is 5.55. The zero-order valence-electron chi connectivity index (χ0n) is 14.2. The van der Waals surface area contributed by atoms with Gasteiger partial charge in [0.05, 0.1) is 28.2 Å². The van der Waals surface area contributed by atoms with Crippen molar-refractivity contribution in [3.63, 3.8) is 0 Å². The molecule has 1 aromatic heterocycles. The Bertz CT molecular complexity index is 765. The molecule has 0 aliphatic rings. The van der Waals surface area contributed by atoms with Gasteiger partial charge in [0.1, 0.15) is 0 Å². The second-order valence-corrected chi connectivity index (χ2v) is 8.10. The van der Waals surface area contributed by atoms with Crippen LogP contribution in [0.3, 0.4) is 0 Å². The van der Waals surface area contributed by atoms with E-state index in [1.807, 2.05) is 12.1 Å². The number of anilines is 2.